The van der Waals surface area contributed by atoms with Gasteiger partial charge >= 0.3 is 0 Å². The van der Waals surface area contributed by atoms with Crippen molar-refractivity contribution in [3.05, 3.63) is 35.3 Å². The summed E-state index contributed by atoms with van der Waals surface area (Å²) in [6.07, 6.45) is 0.219. The van der Waals surface area contributed by atoms with Gasteiger partial charge in [0.05, 0.1) is 5.92 Å². The molecule has 3 rings (SSSR count). The first-order chi connectivity index (χ1) is 11.0. The zero-order valence-corrected chi connectivity index (χ0v) is 13.8. The molecule has 0 saturated carbocycles. The highest BCUT2D eigenvalue weighted by Crippen LogP contribution is 2.28. The minimum atomic E-state index is -0.367. The molecule has 0 bridgehead atoms. The maximum atomic E-state index is 12.3. The van der Waals surface area contributed by atoms with Gasteiger partial charge in [0, 0.05) is 18.7 Å². The van der Waals surface area contributed by atoms with Gasteiger partial charge in [0.15, 0.2) is 0 Å². The van der Waals surface area contributed by atoms with Crippen molar-refractivity contribution < 1.29 is 9.59 Å². The van der Waals surface area contributed by atoms with Crippen LogP contribution in [0.15, 0.2) is 29.8 Å². The summed E-state index contributed by atoms with van der Waals surface area (Å²) in [5, 5.41) is 10.6. The van der Waals surface area contributed by atoms with E-state index in [0.717, 1.165) is 5.69 Å². The van der Waals surface area contributed by atoms with Crippen molar-refractivity contribution in [3.8, 4) is 0 Å². The molecule has 2 heterocycles. The van der Waals surface area contributed by atoms with Crippen molar-refractivity contribution in [2.24, 2.45) is 5.92 Å². The molecule has 1 atom stereocenters. The minimum Gasteiger partial charge on any atom is -0.312 e. The molecule has 120 valence electrons. The zero-order valence-electron chi connectivity index (χ0n) is 13.0. The molecule has 1 fully saturated rings. The summed E-state index contributed by atoms with van der Waals surface area (Å²) in [7, 11) is 0. The first kappa shape index (κ1) is 15.6. The molecule has 0 aliphatic carbocycles. The molecule has 1 aromatic carbocycles. The number of hydrogen-bond donors (Lipinski definition) is 1. The van der Waals surface area contributed by atoms with E-state index in [0.29, 0.717) is 17.6 Å². The Hall–Kier alpha value is -2.28. The summed E-state index contributed by atoms with van der Waals surface area (Å²) in [5.74, 6) is -0.181. The Kier molecular flexibility index (Phi) is 4.38. The number of aromatic nitrogens is 2. The van der Waals surface area contributed by atoms with Crippen LogP contribution in [0.2, 0.25) is 0 Å². The molecular weight excluding hydrogens is 312 g/mol. The van der Waals surface area contributed by atoms with Gasteiger partial charge in [-0.3, -0.25) is 9.59 Å². The number of hydrogen-bond acceptors (Lipinski definition) is 5. The number of carbonyl (C=O) groups is 2. The first-order valence-corrected chi connectivity index (χ1v) is 8.40. The third-order valence-electron chi connectivity index (χ3n) is 3.93. The topological polar surface area (TPSA) is 75.2 Å². The average Bonchev–Trinajstić information content (AvgIpc) is 3.17. The van der Waals surface area contributed by atoms with Crippen molar-refractivity contribution in [1.29, 1.82) is 0 Å². The fourth-order valence-corrected chi connectivity index (χ4v) is 3.07. The monoisotopic (exact) mass is 330 g/mol. The number of carbonyl (C=O) groups excluding carboxylic acids is 2. The van der Waals surface area contributed by atoms with Crippen LogP contribution >= 0.6 is 11.3 Å². The lowest BCUT2D eigenvalue weighted by molar-refractivity contribution is -0.122. The van der Waals surface area contributed by atoms with Gasteiger partial charge in [0.25, 0.3) is 0 Å². The van der Waals surface area contributed by atoms with Gasteiger partial charge in [-0.2, -0.15) is 0 Å². The van der Waals surface area contributed by atoms with Gasteiger partial charge in [-0.1, -0.05) is 37.3 Å². The van der Waals surface area contributed by atoms with Crippen LogP contribution < -0.4 is 10.2 Å². The van der Waals surface area contributed by atoms with E-state index < -0.39 is 0 Å². The smallest absolute Gasteiger partial charge is 0.231 e. The van der Waals surface area contributed by atoms with E-state index in [2.05, 4.69) is 29.4 Å². The Morgan fingerprint density at radius 3 is 2.96 bits per heavy atom. The molecule has 1 aromatic heterocycles. The summed E-state index contributed by atoms with van der Waals surface area (Å²) in [6.45, 7) is 4.62. The van der Waals surface area contributed by atoms with E-state index in [4.69, 9.17) is 0 Å². The molecule has 6 nitrogen and oxygen atoms in total. The van der Waals surface area contributed by atoms with Crippen LogP contribution in [-0.4, -0.2) is 28.6 Å². The number of nitrogens with one attached hydrogen (secondary N) is 1. The van der Waals surface area contributed by atoms with E-state index in [-0.39, 0.29) is 24.2 Å². The van der Waals surface area contributed by atoms with E-state index in [1.54, 1.807) is 10.4 Å². The molecule has 2 aromatic rings. The molecule has 0 spiro atoms. The average molecular weight is 330 g/mol. The predicted octanol–water partition coefficient (Wildman–Crippen LogP) is 2.65. The fraction of sp³-hybridized carbons (Fsp3) is 0.375. The summed E-state index contributed by atoms with van der Waals surface area (Å²) in [6, 6.07) is 7.93. The van der Waals surface area contributed by atoms with Crippen LogP contribution in [0.3, 0.4) is 0 Å². The summed E-state index contributed by atoms with van der Waals surface area (Å²) in [5.41, 5.74) is 3.59. The lowest BCUT2D eigenvalue weighted by atomic mass is 10.0. The Bertz CT molecular complexity index is 715. The number of benzene rings is 1. The molecule has 2 amide bonds. The molecule has 1 aliphatic heterocycles. The standard InChI is InChI=1S/C16H18N4O2S/c1-10(2)11-4-3-5-13(6-11)20-8-12(7-14(20)21)15(22)18-16-19-17-9-23-16/h3-6,9-10,12H,7-8H2,1-2H3,(H,18,19,22)/t12-/m1/s1. The maximum absolute atomic E-state index is 12.3. The largest absolute Gasteiger partial charge is 0.312 e. The molecule has 1 aliphatic rings. The number of anilines is 2. The SMILES string of the molecule is CC(C)c1cccc(N2C[C@H](C(=O)Nc3nncs3)CC2=O)c1. The molecule has 0 radical (unpaired) electrons. The van der Waals surface area contributed by atoms with E-state index in [1.165, 1.54) is 16.9 Å². The predicted molar refractivity (Wildman–Crippen MR) is 89.5 cm³/mol. The summed E-state index contributed by atoms with van der Waals surface area (Å²) >= 11 is 1.26. The minimum absolute atomic E-state index is 0.0247. The van der Waals surface area contributed by atoms with Crippen LogP contribution in [0.4, 0.5) is 10.8 Å². The molecular formula is C16H18N4O2S. The van der Waals surface area contributed by atoms with Crippen molar-refractivity contribution in [1.82, 2.24) is 10.2 Å². The third kappa shape index (κ3) is 3.39. The van der Waals surface area contributed by atoms with Gasteiger partial charge < -0.3 is 10.2 Å². The van der Waals surface area contributed by atoms with Gasteiger partial charge in [0.2, 0.25) is 16.9 Å². The van der Waals surface area contributed by atoms with Crippen molar-refractivity contribution in [2.75, 3.05) is 16.8 Å². The highest BCUT2D eigenvalue weighted by atomic mass is 32.1. The van der Waals surface area contributed by atoms with Gasteiger partial charge in [0.1, 0.15) is 5.51 Å². The lowest BCUT2D eigenvalue weighted by Gasteiger charge is -2.18. The third-order valence-corrected chi connectivity index (χ3v) is 4.54. The Balaban J connectivity index is 1.72. The second-order valence-electron chi connectivity index (χ2n) is 5.89. The molecule has 7 heteroatoms. The van der Waals surface area contributed by atoms with Gasteiger partial charge in [-0.15, -0.1) is 10.2 Å². The lowest BCUT2D eigenvalue weighted by Crippen LogP contribution is -2.28. The second kappa shape index (κ2) is 6.45. The summed E-state index contributed by atoms with van der Waals surface area (Å²) in [4.78, 5) is 26.2. The number of rotatable bonds is 4. The molecule has 1 saturated heterocycles. The molecule has 0 unspecified atom stereocenters. The van der Waals surface area contributed by atoms with Crippen LogP contribution in [0.25, 0.3) is 0 Å². The van der Waals surface area contributed by atoms with Gasteiger partial charge in [-0.25, -0.2) is 0 Å². The number of nitrogens with zero attached hydrogens (tertiary/aromatic N) is 3. The normalized spacial score (nSPS) is 17.8. The van der Waals surface area contributed by atoms with Crippen molar-refractivity contribution in [2.45, 2.75) is 26.2 Å². The molecule has 1 N–H and O–H groups in total. The van der Waals surface area contributed by atoms with E-state index in [9.17, 15) is 9.59 Å². The van der Waals surface area contributed by atoms with Crippen LogP contribution in [-0.2, 0) is 9.59 Å². The van der Waals surface area contributed by atoms with Crippen molar-refractivity contribution in [3.63, 3.8) is 0 Å². The van der Waals surface area contributed by atoms with E-state index >= 15 is 0 Å². The fourth-order valence-electron chi connectivity index (χ4n) is 2.62. The highest BCUT2D eigenvalue weighted by molar-refractivity contribution is 7.13. The highest BCUT2D eigenvalue weighted by Gasteiger charge is 2.35. The van der Waals surface area contributed by atoms with Crippen LogP contribution in [0, 0.1) is 5.92 Å². The summed E-state index contributed by atoms with van der Waals surface area (Å²) < 4.78 is 0. The Labute approximate surface area is 138 Å². The van der Waals surface area contributed by atoms with Gasteiger partial charge in [-0.05, 0) is 23.6 Å². The number of amides is 2. The maximum Gasteiger partial charge on any atom is 0.231 e. The molecule has 23 heavy (non-hydrogen) atoms. The van der Waals surface area contributed by atoms with Crippen molar-refractivity contribution >= 4 is 34.0 Å². The van der Waals surface area contributed by atoms with Crippen LogP contribution in [0.1, 0.15) is 31.7 Å². The Morgan fingerprint density at radius 1 is 1.43 bits per heavy atom. The first-order valence-electron chi connectivity index (χ1n) is 7.52. The zero-order chi connectivity index (χ0) is 16.4. The van der Waals surface area contributed by atoms with E-state index in [1.807, 2.05) is 24.3 Å². The second-order valence-corrected chi connectivity index (χ2v) is 6.72. The van der Waals surface area contributed by atoms with Crippen LogP contribution in [0.5, 0.6) is 0 Å². The quantitative estimate of drug-likeness (QED) is 0.935. The Morgan fingerprint density at radius 2 is 2.26 bits per heavy atom.